The minimum absolute atomic E-state index is 0. The summed E-state index contributed by atoms with van der Waals surface area (Å²) >= 11 is 0. The summed E-state index contributed by atoms with van der Waals surface area (Å²) in [7, 11) is 0. The maximum atomic E-state index is 12.8. The van der Waals surface area contributed by atoms with Crippen LogP contribution in [0.5, 0.6) is 0 Å². The Bertz CT molecular complexity index is 359. The Morgan fingerprint density at radius 2 is 1.67 bits per heavy atom. The molecule has 2 nitrogen and oxygen atoms in total. The molecule has 2 atom stereocenters. The molecule has 18 heavy (non-hydrogen) atoms. The van der Waals surface area contributed by atoms with Gasteiger partial charge < -0.3 is 10.6 Å². The van der Waals surface area contributed by atoms with Crippen LogP contribution in [0.3, 0.4) is 0 Å². The molecule has 0 spiro atoms. The van der Waals surface area contributed by atoms with E-state index in [0.29, 0.717) is 18.7 Å². The lowest BCUT2D eigenvalue weighted by Crippen LogP contribution is -2.50. The molecule has 0 saturated carbocycles. The monoisotopic (exact) mass is 302 g/mol. The molecule has 1 aliphatic heterocycles. The van der Waals surface area contributed by atoms with Gasteiger partial charge in [-0.1, -0.05) is 18.2 Å². The van der Waals surface area contributed by atoms with Gasteiger partial charge in [-0.05, 0) is 18.6 Å². The molecule has 0 bridgehead atoms. The second kappa shape index (κ2) is 6.50. The summed E-state index contributed by atoms with van der Waals surface area (Å²) < 4.78 is 38.5. The molecule has 1 aromatic rings. The highest BCUT2D eigenvalue weighted by Crippen LogP contribution is 2.35. The number of para-hydroxylation sites is 1. The van der Waals surface area contributed by atoms with Gasteiger partial charge in [0.25, 0.3) is 0 Å². The van der Waals surface area contributed by atoms with Crippen LogP contribution in [-0.2, 0) is 0 Å². The molecule has 0 aliphatic carbocycles. The Kier molecular flexibility index (Phi) is 6.26. The summed E-state index contributed by atoms with van der Waals surface area (Å²) in [5, 5.41) is 0. The Morgan fingerprint density at radius 3 is 2.17 bits per heavy atom. The van der Waals surface area contributed by atoms with E-state index in [-0.39, 0.29) is 24.8 Å². The van der Waals surface area contributed by atoms with E-state index in [9.17, 15) is 13.2 Å². The lowest BCUT2D eigenvalue weighted by Gasteiger charge is -2.30. The average Bonchev–Trinajstić information content (AvgIpc) is 2.61. The van der Waals surface area contributed by atoms with Crippen LogP contribution in [-0.4, -0.2) is 24.8 Å². The lowest BCUT2D eigenvalue weighted by molar-refractivity contribution is -0.148. The molecule has 1 aromatic carbocycles. The van der Waals surface area contributed by atoms with Crippen molar-refractivity contribution in [3.63, 3.8) is 0 Å². The van der Waals surface area contributed by atoms with Gasteiger partial charge in [0.2, 0.25) is 0 Å². The highest BCUT2D eigenvalue weighted by atomic mass is 35.5. The van der Waals surface area contributed by atoms with Crippen LogP contribution in [0.4, 0.5) is 18.9 Å². The Morgan fingerprint density at radius 1 is 1.11 bits per heavy atom. The highest BCUT2D eigenvalue weighted by Gasteiger charge is 2.50. The van der Waals surface area contributed by atoms with Crippen LogP contribution in [0.25, 0.3) is 0 Å². The Labute approximate surface area is 116 Å². The van der Waals surface area contributed by atoms with Gasteiger partial charge in [-0.2, -0.15) is 13.2 Å². The van der Waals surface area contributed by atoms with E-state index in [1.54, 1.807) is 30.3 Å². The summed E-state index contributed by atoms with van der Waals surface area (Å²) in [5.74, 6) is 0. The minimum Gasteiger partial charge on any atom is -0.358 e. The third-order valence-corrected chi connectivity index (χ3v) is 2.87. The molecule has 2 N–H and O–H groups in total. The number of halogens is 5. The van der Waals surface area contributed by atoms with Crippen molar-refractivity contribution < 1.29 is 13.2 Å². The van der Waals surface area contributed by atoms with E-state index < -0.39 is 18.3 Å². The molecule has 0 radical (unpaired) electrons. The zero-order chi connectivity index (χ0) is 11.8. The van der Waals surface area contributed by atoms with Gasteiger partial charge in [-0.25, -0.2) is 0 Å². The van der Waals surface area contributed by atoms with Crippen LogP contribution in [0.15, 0.2) is 30.3 Å². The maximum absolute atomic E-state index is 12.8. The van der Waals surface area contributed by atoms with Crippen molar-refractivity contribution in [2.24, 2.45) is 5.73 Å². The molecular formula is C11H15Cl2F3N2. The number of hydrogen-bond acceptors (Lipinski definition) is 2. The predicted octanol–water partition coefficient (Wildman–Crippen LogP) is 3.00. The van der Waals surface area contributed by atoms with E-state index in [4.69, 9.17) is 5.73 Å². The van der Waals surface area contributed by atoms with Crippen molar-refractivity contribution in [1.82, 2.24) is 0 Å². The van der Waals surface area contributed by atoms with Crippen LogP contribution in [0, 0.1) is 0 Å². The van der Waals surface area contributed by atoms with E-state index in [1.807, 2.05) is 0 Å². The van der Waals surface area contributed by atoms with Gasteiger partial charge in [-0.15, -0.1) is 24.8 Å². The fourth-order valence-electron chi connectivity index (χ4n) is 2.14. The van der Waals surface area contributed by atoms with Crippen molar-refractivity contribution in [2.75, 3.05) is 11.4 Å². The zero-order valence-electron chi connectivity index (χ0n) is 9.43. The average molecular weight is 303 g/mol. The summed E-state index contributed by atoms with van der Waals surface area (Å²) in [4.78, 5) is 1.34. The maximum Gasteiger partial charge on any atom is 0.410 e. The normalized spacial score (nSPS) is 23.2. The molecule has 1 saturated heterocycles. The number of nitrogens with zero attached hydrogens (tertiary/aromatic N) is 1. The number of benzene rings is 1. The molecule has 1 aliphatic rings. The van der Waals surface area contributed by atoms with Gasteiger partial charge >= 0.3 is 6.18 Å². The van der Waals surface area contributed by atoms with Crippen LogP contribution in [0.2, 0.25) is 0 Å². The van der Waals surface area contributed by atoms with Crippen molar-refractivity contribution in [3.05, 3.63) is 30.3 Å². The van der Waals surface area contributed by atoms with Crippen molar-refractivity contribution >= 4 is 30.5 Å². The van der Waals surface area contributed by atoms with Crippen LogP contribution >= 0.6 is 24.8 Å². The van der Waals surface area contributed by atoms with Gasteiger partial charge in [0.15, 0.2) is 0 Å². The topological polar surface area (TPSA) is 29.3 Å². The smallest absolute Gasteiger partial charge is 0.358 e. The van der Waals surface area contributed by atoms with E-state index in [1.165, 1.54) is 4.90 Å². The molecule has 1 heterocycles. The summed E-state index contributed by atoms with van der Waals surface area (Å²) in [6, 6.07) is 6.20. The number of anilines is 1. The summed E-state index contributed by atoms with van der Waals surface area (Å²) in [5.41, 5.74) is 6.11. The highest BCUT2D eigenvalue weighted by molar-refractivity contribution is 5.85. The summed E-state index contributed by atoms with van der Waals surface area (Å²) in [6.07, 6.45) is -3.90. The summed E-state index contributed by atoms with van der Waals surface area (Å²) in [6.45, 7) is 0.357. The molecule has 104 valence electrons. The van der Waals surface area contributed by atoms with Gasteiger partial charge in [0, 0.05) is 18.3 Å². The molecule has 2 unspecified atom stereocenters. The van der Waals surface area contributed by atoms with Crippen molar-refractivity contribution in [2.45, 2.75) is 24.7 Å². The molecule has 0 amide bonds. The number of alkyl halides is 3. The Balaban J connectivity index is 0.00000144. The zero-order valence-corrected chi connectivity index (χ0v) is 11.1. The predicted molar refractivity (Wildman–Crippen MR) is 70.7 cm³/mol. The fourth-order valence-corrected chi connectivity index (χ4v) is 2.14. The second-order valence-electron chi connectivity index (χ2n) is 3.97. The first-order chi connectivity index (χ1) is 7.50. The first-order valence-electron chi connectivity index (χ1n) is 5.14. The Hall–Kier alpha value is -0.650. The van der Waals surface area contributed by atoms with Gasteiger partial charge in [-0.3, -0.25) is 0 Å². The first kappa shape index (κ1) is 17.4. The number of hydrogen-bond donors (Lipinski definition) is 1. The lowest BCUT2D eigenvalue weighted by atomic mass is 10.1. The number of rotatable bonds is 1. The van der Waals surface area contributed by atoms with Crippen molar-refractivity contribution in [1.29, 1.82) is 0 Å². The SMILES string of the molecule is Cl.Cl.NC1CCN(c2ccccc2)C1C(F)(F)F. The quantitative estimate of drug-likeness (QED) is 0.864. The van der Waals surface area contributed by atoms with E-state index >= 15 is 0 Å². The molecule has 0 aromatic heterocycles. The second-order valence-corrected chi connectivity index (χ2v) is 3.97. The standard InChI is InChI=1S/C11H13F3N2.2ClH/c12-11(13,14)10-9(15)6-7-16(10)8-4-2-1-3-5-8;;/h1-5,9-10H,6-7,15H2;2*1H. The van der Waals surface area contributed by atoms with Gasteiger partial charge in [0.1, 0.15) is 6.04 Å². The van der Waals surface area contributed by atoms with E-state index in [2.05, 4.69) is 0 Å². The van der Waals surface area contributed by atoms with Crippen molar-refractivity contribution in [3.8, 4) is 0 Å². The van der Waals surface area contributed by atoms with E-state index in [0.717, 1.165) is 0 Å². The minimum atomic E-state index is -4.27. The third kappa shape index (κ3) is 3.43. The van der Waals surface area contributed by atoms with Crippen LogP contribution in [0.1, 0.15) is 6.42 Å². The molecule has 7 heteroatoms. The fraction of sp³-hybridized carbons (Fsp3) is 0.455. The molecule has 1 fully saturated rings. The first-order valence-corrected chi connectivity index (χ1v) is 5.14. The largest absolute Gasteiger partial charge is 0.410 e. The van der Waals surface area contributed by atoms with Gasteiger partial charge in [0.05, 0.1) is 0 Å². The number of nitrogens with two attached hydrogens (primary N) is 1. The third-order valence-electron chi connectivity index (χ3n) is 2.87. The van der Waals surface area contributed by atoms with Crippen LogP contribution < -0.4 is 10.6 Å². The molecular weight excluding hydrogens is 288 g/mol. The molecule has 2 rings (SSSR count).